The van der Waals surface area contributed by atoms with E-state index in [4.69, 9.17) is 4.74 Å². The highest BCUT2D eigenvalue weighted by Crippen LogP contribution is 2.56. The number of allylic oxidation sites excluding steroid dienone is 2. The van der Waals surface area contributed by atoms with E-state index < -0.39 is 5.60 Å². The van der Waals surface area contributed by atoms with Crippen LogP contribution in [0, 0.1) is 0 Å². The van der Waals surface area contributed by atoms with Gasteiger partial charge in [0.2, 0.25) is 0 Å². The maximum absolute atomic E-state index is 7.02. The Morgan fingerprint density at radius 1 is 0.619 bits per heavy atom. The van der Waals surface area contributed by atoms with E-state index in [1.54, 1.807) is 0 Å². The van der Waals surface area contributed by atoms with Crippen LogP contribution in [-0.4, -0.2) is 5.60 Å². The van der Waals surface area contributed by atoms with Crippen molar-refractivity contribution in [2.75, 3.05) is 5.32 Å². The summed E-state index contributed by atoms with van der Waals surface area (Å²) in [4.78, 5) is 0. The average molecular weight is 544 g/mol. The Hall–Kier alpha value is -4.82. The van der Waals surface area contributed by atoms with Crippen molar-refractivity contribution in [3.05, 3.63) is 156 Å². The molecule has 0 bridgehead atoms. The third kappa shape index (κ3) is 3.58. The van der Waals surface area contributed by atoms with Gasteiger partial charge in [-0.1, -0.05) is 129 Å². The van der Waals surface area contributed by atoms with Crippen LogP contribution in [0.25, 0.3) is 27.8 Å². The fourth-order valence-corrected chi connectivity index (χ4v) is 7.38. The van der Waals surface area contributed by atoms with Crippen molar-refractivity contribution in [3.8, 4) is 28.0 Å². The fourth-order valence-electron chi connectivity index (χ4n) is 7.38. The van der Waals surface area contributed by atoms with Crippen molar-refractivity contribution in [1.82, 2.24) is 0 Å². The summed E-state index contributed by atoms with van der Waals surface area (Å²) in [6.07, 6.45) is 6.67. The second-order valence-electron chi connectivity index (χ2n) is 12.3. The molecule has 2 heteroatoms. The number of benzene rings is 5. The monoisotopic (exact) mass is 543 g/mol. The van der Waals surface area contributed by atoms with Crippen molar-refractivity contribution >= 4 is 16.9 Å². The van der Waals surface area contributed by atoms with Crippen molar-refractivity contribution in [2.24, 2.45) is 0 Å². The van der Waals surface area contributed by atoms with Crippen LogP contribution >= 0.6 is 0 Å². The molecule has 0 amide bonds. The molecule has 2 aliphatic carbocycles. The fraction of sp³-hybridized carbons (Fsp3) is 0.150. The van der Waals surface area contributed by atoms with Gasteiger partial charge in [0.25, 0.3) is 0 Å². The number of hydrogen-bond donors (Lipinski definition) is 1. The minimum absolute atomic E-state index is 0.0880. The summed E-state index contributed by atoms with van der Waals surface area (Å²) in [5, 5.41) is 3.88. The van der Waals surface area contributed by atoms with E-state index in [9.17, 15) is 0 Å². The third-order valence-corrected chi connectivity index (χ3v) is 9.55. The zero-order chi connectivity index (χ0) is 28.5. The molecule has 2 unspecified atom stereocenters. The SMILES string of the molecule is CC1(C)c2ccccc2-c2cc(-c3ccccc3)c(Nc3cccc4c3OC3(C)C(c5ccccc5)=CC=CC43)cc21. The lowest BCUT2D eigenvalue weighted by Crippen LogP contribution is -2.36. The molecular weight excluding hydrogens is 510 g/mol. The van der Waals surface area contributed by atoms with Gasteiger partial charge in [-0.25, -0.2) is 0 Å². The molecule has 1 aliphatic heterocycles. The molecule has 204 valence electrons. The van der Waals surface area contributed by atoms with Gasteiger partial charge in [0.1, 0.15) is 11.4 Å². The number of fused-ring (bicyclic) bond motifs is 6. The highest BCUT2D eigenvalue weighted by Gasteiger charge is 2.48. The van der Waals surface area contributed by atoms with Crippen LogP contribution in [0.1, 0.15) is 48.9 Å². The first-order chi connectivity index (χ1) is 20.4. The number of ether oxygens (including phenoxy) is 1. The first-order valence-electron chi connectivity index (χ1n) is 14.8. The molecule has 0 aromatic heterocycles. The van der Waals surface area contributed by atoms with Crippen molar-refractivity contribution in [1.29, 1.82) is 0 Å². The predicted molar refractivity (Wildman–Crippen MR) is 174 cm³/mol. The Kier molecular flexibility index (Phi) is 5.40. The van der Waals surface area contributed by atoms with Gasteiger partial charge in [-0.3, -0.25) is 0 Å². The van der Waals surface area contributed by atoms with Crippen LogP contribution in [-0.2, 0) is 5.41 Å². The Bertz CT molecular complexity index is 1910. The molecule has 8 rings (SSSR count). The van der Waals surface area contributed by atoms with Crippen LogP contribution in [0.4, 0.5) is 11.4 Å². The molecule has 1 N–H and O–H groups in total. The van der Waals surface area contributed by atoms with E-state index in [1.165, 1.54) is 50.1 Å². The van der Waals surface area contributed by atoms with E-state index in [-0.39, 0.29) is 11.3 Å². The van der Waals surface area contributed by atoms with Crippen molar-refractivity contribution in [2.45, 2.75) is 37.7 Å². The van der Waals surface area contributed by atoms with Gasteiger partial charge in [0.15, 0.2) is 0 Å². The Labute approximate surface area is 248 Å². The maximum Gasteiger partial charge on any atom is 0.148 e. The largest absolute Gasteiger partial charge is 0.479 e. The topological polar surface area (TPSA) is 21.3 Å². The van der Waals surface area contributed by atoms with Crippen LogP contribution in [0.3, 0.4) is 0 Å². The average Bonchev–Trinajstić information content (AvgIpc) is 3.45. The summed E-state index contributed by atoms with van der Waals surface area (Å²) in [5.41, 5.74) is 12.9. The lowest BCUT2D eigenvalue weighted by atomic mass is 9.75. The minimum Gasteiger partial charge on any atom is -0.479 e. The van der Waals surface area contributed by atoms with Gasteiger partial charge >= 0.3 is 0 Å². The maximum atomic E-state index is 7.02. The Balaban J connectivity index is 1.26. The summed E-state index contributed by atoms with van der Waals surface area (Å²) in [7, 11) is 0. The van der Waals surface area contributed by atoms with E-state index in [2.05, 4.69) is 160 Å². The molecule has 0 spiro atoms. The second-order valence-corrected chi connectivity index (χ2v) is 12.3. The molecule has 2 nitrogen and oxygen atoms in total. The number of anilines is 2. The van der Waals surface area contributed by atoms with Gasteiger partial charge in [-0.15, -0.1) is 0 Å². The normalized spacial score (nSPS) is 20.5. The zero-order valence-electron chi connectivity index (χ0n) is 24.2. The van der Waals surface area contributed by atoms with Gasteiger partial charge in [-0.05, 0) is 58.5 Å². The van der Waals surface area contributed by atoms with E-state index in [0.717, 1.165) is 17.1 Å². The van der Waals surface area contributed by atoms with E-state index in [1.807, 2.05) is 0 Å². The van der Waals surface area contributed by atoms with Crippen LogP contribution in [0.5, 0.6) is 5.75 Å². The smallest absolute Gasteiger partial charge is 0.148 e. The summed E-state index contributed by atoms with van der Waals surface area (Å²) in [6, 6.07) is 41.4. The number of nitrogens with one attached hydrogen (secondary N) is 1. The molecule has 5 aromatic carbocycles. The number of hydrogen-bond acceptors (Lipinski definition) is 2. The lowest BCUT2D eigenvalue weighted by Gasteiger charge is -2.34. The van der Waals surface area contributed by atoms with Crippen molar-refractivity contribution in [3.63, 3.8) is 0 Å². The van der Waals surface area contributed by atoms with Crippen LogP contribution < -0.4 is 10.1 Å². The first kappa shape index (κ1) is 24.9. The van der Waals surface area contributed by atoms with E-state index >= 15 is 0 Å². The van der Waals surface area contributed by atoms with Crippen LogP contribution in [0.15, 0.2) is 133 Å². The van der Waals surface area contributed by atoms with Crippen LogP contribution in [0.2, 0.25) is 0 Å². The van der Waals surface area contributed by atoms with Gasteiger partial charge < -0.3 is 10.1 Å². The molecule has 0 radical (unpaired) electrons. The summed E-state index contributed by atoms with van der Waals surface area (Å²) in [5.74, 6) is 1.07. The highest BCUT2D eigenvalue weighted by atomic mass is 16.5. The van der Waals surface area contributed by atoms with E-state index in [0.29, 0.717) is 0 Å². The second kappa shape index (κ2) is 9.09. The number of para-hydroxylation sites is 1. The molecule has 2 atom stereocenters. The Morgan fingerprint density at radius 2 is 1.33 bits per heavy atom. The molecule has 3 aliphatic rings. The molecule has 42 heavy (non-hydrogen) atoms. The molecular formula is C40H33NO. The first-order valence-corrected chi connectivity index (χ1v) is 14.8. The van der Waals surface area contributed by atoms with Gasteiger partial charge in [-0.2, -0.15) is 0 Å². The predicted octanol–water partition coefficient (Wildman–Crippen LogP) is 10.3. The molecule has 0 saturated heterocycles. The molecule has 1 heterocycles. The molecule has 0 fully saturated rings. The molecule has 0 saturated carbocycles. The minimum atomic E-state index is -0.486. The van der Waals surface area contributed by atoms with Gasteiger partial charge in [0.05, 0.1) is 5.69 Å². The summed E-state index contributed by atoms with van der Waals surface area (Å²) in [6.45, 7) is 6.90. The quantitative estimate of drug-likeness (QED) is 0.243. The zero-order valence-corrected chi connectivity index (χ0v) is 24.2. The third-order valence-electron chi connectivity index (χ3n) is 9.55. The standard InChI is InChI=1S/C40H33NO/c1-39(2)33-20-11-10-18-28(33)31-24-30(26-14-6-4-7-15-26)37(25-35(31)39)41-36-23-12-19-29-34-22-13-21-32(27-16-8-5-9-17-27)40(34,3)42-38(29)36/h4-25,34,41H,1-3H3. The lowest BCUT2D eigenvalue weighted by molar-refractivity contribution is 0.167. The van der Waals surface area contributed by atoms with Gasteiger partial charge in [0, 0.05) is 33.7 Å². The number of rotatable bonds is 4. The highest BCUT2D eigenvalue weighted by molar-refractivity contribution is 5.92. The van der Waals surface area contributed by atoms with Crippen molar-refractivity contribution < 1.29 is 4.74 Å². The summed E-state index contributed by atoms with van der Waals surface area (Å²) >= 11 is 0. The molecule has 5 aromatic rings. The Morgan fingerprint density at radius 3 is 2.12 bits per heavy atom. The summed E-state index contributed by atoms with van der Waals surface area (Å²) < 4.78 is 7.02.